The minimum Gasteiger partial charge on any atom is -0.371 e. The molecule has 0 aliphatic carbocycles. The first-order chi connectivity index (χ1) is 12.0. The molecule has 0 spiro atoms. The molecule has 0 radical (unpaired) electrons. The summed E-state index contributed by atoms with van der Waals surface area (Å²) in [7, 11) is 0. The molecule has 140 valence electrons. The summed E-state index contributed by atoms with van der Waals surface area (Å²) in [5.74, 6) is 0. The van der Waals surface area contributed by atoms with Crippen molar-refractivity contribution in [3.8, 4) is 0 Å². The van der Waals surface area contributed by atoms with Gasteiger partial charge in [-0.3, -0.25) is 0 Å². The number of hydrogen-bond donors (Lipinski definition) is 0. The lowest BCUT2D eigenvalue weighted by Crippen LogP contribution is -2.18. The van der Waals surface area contributed by atoms with Crippen LogP contribution in [0.3, 0.4) is 0 Å². The van der Waals surface area contributed by atoms with Crippen molar-refractivity contribution in [1.82, 2.24) is 0 Å². The maximum atomic E-state index is 5.89. The van der Waals surface area contributed by atoms with Gasteiger partial charge in [0.15, 0.2) is 0 Å². The second-order valence-corrected chi connectivity index (χ2v) is 8.68. The molecule has 0 amide bonds. The summed E-state index contributed by atoms with van der Waals surface area (Å²) in [5, 5.41) is 0. The molecule has 2 aromatic rings. The smallest absolute Gasteiger partial charge is 0.0724 e. The zero-order valence-corrected chi connectivity index (χ0v) is 17.1. The highest BCUT2D eigenvalue weighted by atomic mass is 16.5. The highest BCUT2D eigenvalue weighted by Gasteiger charge is 2.12. The number of rotatable bonds is 6. The maximum absolute atomic E-state index is 5.89. The van der Waals surface area contributed by atoms with Crippen molar-refractivity contribution >= 4 is 5.57 Å². The second-order valence-electron chi connectivity index (χ2n) is 8.68. The fourth-order valence-electron chi connectivity index (χ4n) is 2.46. The first-order valence-electron chi connectivity index (χ1n) is 9.19. The van der Waals surface area contributed by atoms with E-state index in [-0.39, 0.29) is 11.2 Å². The van der Waals surface area contributed by atoms with E-state index in [0.29, 0.717) is 13.2 Å². The van der Waals surface area contributed by atoms with Crippen LogP contribution in [0.25, 0.3) is 5.57 Å². The van der Waals surface area contributed by atoms with E-state index in [9.17, 15) is 0 Å². The Balaban J connectivity index is 2.13. The molecule has 0 unspecified atom stereocenters. The molecular formula is C24H32O2. The fraction of sp³-hybridized carbons (Fsp3) is 0.417. The fourth-order valence-corrected chi connectivity index (χ4v) is 2.46. The molecule has 0 fully saturated rings. The van der Waals surface area contributed by atoms with Crippen molar-refractivity contribution in [3.63, 3.8) is 0 Å². The van der Waals surface area contributed by atoms with Crippen molar-refractivity contribution < 1.29 is 9.47 Å². The van der Waals surface area contributed by atoms with E-state index >= 15 is 0 Å². The summed E-state index contributed by atoms with van der Waals surface area (Å²) in [6, 6.07) is 16.8. The van der Waals surface area contributed by atoms with Crippen LogP contribution in [0.2, 0.25) is 0 Å². The van der Waals surface area contributed by atoms with E-state index in [1.54, 1.807) is 0 Å². The van der Waals surface area contributed by atoms with E-state index in [2.05, 4.69) is 96.7 Å². The molecule has 0 atom stereocenters. The lowest BCUT2D eigenvalue weighted by molar-refractivity contribution is -0.0152. The molecule has 0 aromatic heterocycles. The monoisotopic (exact) mass is 352 g/mol. The van der Waals surface area contributed by atoms with Crippen molar-refractivity contribution in [3.05, 3.63) is 77.4 Å². The molecule has 0 bridgehead atoms. The van der Waals surface area contributed by atoms with Gasteiger partial charge >= 0.3 is 0 Å². The van der Waals surface area contributed by atoms with Crippen molar-refractivity contribution in [2.24, 2.45) is 0 Å². The third-order valence-electron chi connectivity index (χ3n) is 3.89. The largest absolute Gasteiger partial charge is 0.371 e. The molecule has 0 aliphatic rings. The molecule has 2 rings (SSSR count). The number of ether oxygens (including phenoxy) is 2. The first kappa shape index (κ1) is 20.4. The van der Waals surface area contributed by atoms with Gasteiger partial charge in [-0.05, 0) is 81.5 Å². The Morgan fingerprint density at radius 1 is 0.731 bits per heavy atom. The average molecular weight is 353 g/mol. The second kappa shape index (κ2) is 8.20. The van der Waals surface area contributed by atoms with E-state index in [4.69, 9.17) is 9.47 Å². The Bertz CT molecular complexity index is 682. The summed E-state index contributed by atoms with van der Waals surface area (Å²) in [6.45, 7) is 17.9. The van der Waals surface area contributed by atoms with Crippen LogP contribution in [0.5, 0.6) is 0 Å². The standard InChI is InChI=1S/C24H32O2/c1-18(21-12-8-10-19(14-21)16-25-23(2,3)4)22-13-9-11-20(15-22)17-26-24(5,6)7/h8-15H,1,16-17H2,2-7H3. The van der Waals surface area contributed by atoms with Crippen LogP contribution in [0.15, 0.2) is 55.1 Å². The van der Waals surface area contributed by atoms with Gasteiger partial charge in [-0.2, -0.15) is 0 Å². The zero-order valence-electron chi connectivity index (χ0n) is 17.1. The van der Waals surface area contributed by atoms with Gasteiger partial charge in [-0.15, -0.1) is 0 Å². The van der Waals surface area contributed by atoms with Gasteiger partial charge < -0.3 is 9.47 Å². The van der Waals surface area contributed by atoms with Crippen molar-refractivity contribution in [2.45, 2.75) is 66.0 Å². The summed E-state index contributed by atoms with van der Waals surface area (Å²) >= 11 is 0. The third kappa shape index (κ3) is 6.78. The summed E-state index contributed by atoms with van der Waals surface area (Å²) in [4.78, 5) is 0. The van der Waals surface area contributed by atoms with Crippen LogP contribution < -0.4 is 0 Å². The minimum absolute atomic E-state index is 0.144. The Kier molecular flexibility index (Phi) is 6.44. The van der Waals surface area contributed by atoms with Gasteiger partial charge in [0.2, 0.25) is 0 Å². The van der Waals surface area contributed by atoms with Crippen LogP contribution in [0, 0.1) is 0 Å². The predicted octanol–water partition coefficient (Wildman–Crippen LogP) is 6.38. The molecule has 0 aliphatic heterocycles. The van der Waals surface area contributed by atoms with Crippen molar-refractivity contribution in [2.75, 3.05) is 0 Å². The summed E-state index contributed by atoms with van der Waals surface area (Å²) in [5.41, 5.74) is 5.28. The van der Waals surface area contributed by atoms with Gasteiger partial charge in [0, 0.05) is 0 Å². The molecule has 26 heavy (non-hydrogen) atoms. The van der Waals surface area contributed by atoms with E-state index < -0.39 is 0 Å². The lowest BCUT2D eigenvalue weighted by Gasteiger charge is -2.20. The van der Waals surface area contributed by atoms with Gasteiger partial charge in [0.25, 0.3) is 0 Å². The Hall–Kier alpha value is -1.90. The Morgan fingerprint density at radius 2 is 1.12 bits per heavy atom. The van der Waals surface area contributed by atoms with Gasteiger partial charge in [0.1, 0.15) is 0 Å². The average Bonchev–Trinajstić information content (AvgIpc) is 2.57. The molecular weight excluding hydrogens is 320 g/mol. The van der Waals surface area contributed by atoms with Crippen LogP contribution in [-0.2, 0) is 22.7 Å². The quantitative estimate of drug-likeness (QED) is 0.600. The van der Waals surface area contributed by atoms with E-state index in [1.165, 1.54) is 0 Å². The molecule has 2 aromatic carbocycles. The lowest BCUT2D eigenvalue weighted by atomic mass is 9.97. The van der Waals surface area contributed by atoms with Gasteiger partial charge in [-0.1, -0.05) is 43.0 Å². The van der Waals surface area contributed by atoms with E-state index in [1.807, 2.05) is 0 Å². The maximum Gasteiger partial charge on any atom is 0.0724 e. The summed E-state index contributed by atoms with van der Waals surface area (Å²) < 4.78 is 11.8. The van der Waals surface area contributed by atoms with Crippen LogP contribution in [0.4, 0.5) is 0 Å². The third-order valence-corrected chi connectivity index (χ3v) is 3.89. The van der Waals surface area contributed by atoms with Crippen molar-refractivity contribution in [1.29, 1.82) is 0 Å². The zero-order chi connectivity index (χ0) is 19.4. The predicted molar refractivity (Wildman–Crippen MR) is 110 cm³/mol. The van der Waals surface area contributed by atoms with Gasteiger partial charge in [-0.25, -0.2) is 0 Å². The molecule has 0 heterocycles. The summed E-state index contributed by atoms with van der Waals surface area (Å²) in [6.07, 6.45) is 0. The molecule has 2 nitrogen and oxygen atoms in total. The number of hydrogen-bond acceptors (Lipinski definition) is 2. The van der Waals surface area contributed by atoms with Crippen LogP contribution >= 0.6 is 0 Å². The molecule has 0 saturated heterocycles. The number of benzene rings is 2. The molecule has 0 N–H and O–H groups in total. The Labute approximate surface area is 158 Å². The highest BCUT2D eigenvalue weighted by Crippen LogP contribution is 2.25. The van der Waals surface area contributed by atoms with Gasteiger partial charge in [0.05, 0.1) is 24.4 Å². The highest BCUT2D eigenvalue weighted by molar-refractivity contribution is 5.78. The molecule has 2 heteroatoms. The van der Waals surface area contributed by atoms with Crippen LogP contribution in [-0.4, -0.2) is 11.2 Å². The van der Waals surface area contributed by atoms with Crippen LogP contribution in [0.1, 0.15) is 63.8 Å². The topological polar surface area (TPSA) is 18.5 Å². The first-order valence-corrected chi connectivity index (χ1v) is 9.19. The minimum atomic E-state index is -0.144. The SMILES string of the molecule is C=C(c1cccc(COC(C)(C)C)c1)c1cccc(COC(C)(C)C)c1. The Morgan fingerprint density at radius 3 is 1.46 bits per heavy atom. The van der Waals surface area contributed by atoms with E-state index in [0.717, 1.165) is 27.8 Å². The normalized spacial score (nSPS) is 12.2. The molecule has 0 saturated carbocycles.